The summed E-state index contributed by atoms with van der Waals surface area (Å²) in [6, 6.07) is 10.6. The zero-order valence-electron chi connectivity index (χ0n) is 10.1. The number of rotatable bonds is 4. The maximum Gasteiger partial charge on any atom is 0.0406 e. The molecule has 96 valence electrons. The Balaban J connectivity index is 0.00000144. The Kier molecular flexibility index (Phi) is 6.32. The molecule has 1 fully saturated rings. The molecule has 1 N–H and O–H groups in total. The van der Waals surface area contributed by atoms with Gasteiger partial charge in [0.25, 0.3) is 0 Å². The summed E-state index contributed by atoms with van der Waals surface area (Å²) >= 11 is 6.14. The van der Waals surface area contributed by atoms with Crippen molar-refractivity contribution in [2.45, 2.75) is 44.2 Å². The van der Waals surface area contributed by atoms with Crippen LogP contribution in [0, 0.1) is 0 Å². The summed E-state index contributed by atoms with van der Waals surface area (Å²) in [5.74, 6) is 0.736. The lowest BCUT2D eigenvalue weighted by Gasteiger charge is -2.36. The molecule has 17 heavy (non-hydrogen) atoms. The monoisotopic (exact) mass is 273 g/mol. The minimum absolute atomic E-state index is 0. The van der Waals surface area contributed by atoms with Crippen molar-refractivity contribution < 1.29 is 0 Å². The van der Waals surface area contributed by atoms with Crippen LogP contribution in [0.25, 0.3) is 0 Å². The van der Waals surface area contributed by atoms with Crippen molar-refractivity contribution in [1.82, 2.24) is 5.32 Å². The quantitative estimate of drug-likeness (QED) is 0.814. The third-order valence-corrected chi connectivity index (χ3v) is 4.09. The summed E-state index contributed by atoms with van der Waals surface area (Å²) in [5, 5.41) is 3.67. The lowest BCUT2D eigenvalue weighted by Crippen LogP contribution is -2.48. The fourth-order valence-electron chi connectivity index (χ4n) is 2.47. The van der Waals surface area contributed by atoms with Crippen LogP contribution in [-0.2, 0) is 6.54 Å². The number of benzene rings is 1. The highest BCUT2D eigenvalue weighted by molar-refractivity contribution is 6.18. The van der Waals surface area contributed by atoms with Crippen molar-refractivity contribution in [2.75, 3.05) is 5.88 Å². The van der Waals surface area contributed by atoms with Gasteiger partial charge in [-0.25, -0.2) is 0 Å². The van der Waals surface area contributed by atoms with E-state index in [1.807, 2.05) is 0 Å². The van der Waals surface area contributed by atoms with Crippen LogP contribution < -0.4 is 5.32 Å². The summed E-state index contributed by atoms with van der Waals surface area (Å²) in [6.45, 7) is 0.938. The molecule has 0 bridgehead atoms. The highest BCUT2D eigenvalue weighted by Gasteiger charge is 2.30. The Hall–Kier alpha value is -0.240. The Labute approximate surface area is 115 Å². The van der Waals surface area contributed by atoms with Gasteiger partial charge in [0.05, 0.1) is 0 Å². The zero-order chi connectivity index (χ0) is 11.3. The van der Waals surface area contributed by atoms with Gasteiger partial charge >= 0.3 is 0 Å². The standard InChI is InChI=1S/C14H20ClN.ClH/c15-12-14(9-5-2-6-10-14)16-11-13-7-3-1-4-8-13;/h1,3-4,7-8,16H,2,5-6,9-12H2;1H. The van der Waals surface area contributed by atoms with E-state index in [4.69, 9.17) is 11.6 Å². The Bertz CT molecular complexity index is 307. The van der Waals surface area contributed by atoms with Gasteiger partial charge in [-0.3, -0.25) is 0 Å². The molecule has 0 heterocycles. The second-order valence-corrected chi connectivity index (χ2v) is 5.08. The van der Waals surface area contributed by atoms with Crippen LogP contribution in [0.5, 0.6) is 0 Å². The molecule has 0 saturated heterocycles. The van der Waals surface area contributed by atoms with Gasteiger partial charge in [-0.15, -0.1) is 24.0 Å². The van der Waals surface area contributed by atoms with E-state index < -0.39 is 0 Å². The predicted octanol–water partition coefficient (Wildman–Crippen LogP) is 4.14. The number of alkyl halides is 1. The van der Waals surface area contributed by atoms with Crippen LogP contribution in [0.1, 0.15) is 37.7 Å². The molecule has 0 spiro atoms. The molecule has 1 aliphatic rings. The summed E-state index contributed by atoms with van der Waals surface area (Å²) in [5.41, 5.74) is 1.54. The Morgan fingerprint density at radius 3 is 2.29 bits per heavy atom. The molecular formula is C14H21Cl2N. The van der Waals surface area contributed by atoms with Crippen LogP contribution in [-0.4, -0.2) is 11.4 Å². The predicted molar refractivity (Wildman–Crippen MR) is 77.1 cm³/mol. The lowest BCUT2D eigenvalue weighted by molar-refractivity contribution is 0.256. The van der Waals surface area contributed by atoms with Gasteiger partial charge in [0.2, 0.25) is 0 Å². The van der Waals surface area contributed by atoms with Crippen molar-refractivity contribution >= 4 is 24.0 Å². The van der Waals surface area contributed by atoms with Crippen molar-refractivity contribution in [3.05, 3.63) is 35.9 Å². The molecule has 0 atom stereocenters. The summed E-state index contributed by atoms with van der Waals surface area (Å²) in [4.78, 5) is 0. The third kappa shape index (κ3) is 4.17. The highest BCUT2D eigenvalue weighted by atomic mass is 35.5. The summed E-state index contributed by atoms with van der Waals surface area (Å²) in [6.07, 6.45) is 6.45. The van der Waals surface area contributed by atoms with Gasteiger partial charge < -0.3 is 5.32 Å². The third-order valence-electron chi connectivity index (χ3n) is 3.58. The maximum absolute atomic E-state index is 6.14. The molecule has 1 saturated carbocycles. The van der Waals surface area contributed by atoms with Crippen molar-refractivity contribution in [3.63, 3.8) is 0 Å². The topological polar surface area (TPSA) is 12.0 Å². The van der Waals surface area contributed by atoms with Crippen LogP contribution in [0.2, 0.25) is 0 Å². The molecule has 0 radical (unpaired) electrons. The maximum atomic E-state index is 6.14. The van der Waals surface area contributed by atoms with E-state index in [-0.39, 0.29) is 17.9 Å². The average molecular weight is 274 g/mol. The molecule has 1 nitrogen and oxygen atoms in total. The second-order valence-electron chi connectivity index (χ2n) is 4.81. The van der Waals surface area contributed by atoms with Gasteiger partial charge in [0, 0.05) is 18.0 Å². The van der Waals surface area contributed by atoms with E-state index in [2.05, 4.69) is 35.6 Å². The largest absolute Gasteiger partial charge is 0.306 e. The number of halogens is 2. The normalized spacial score (nSPS) is 18.4. The Morgan fingerprint density at radius 2 is 1.71 bits per heavy atom. The minimum atomic E-state index is 0. The van der Waals surface area contributed by atoms with Crippen molar-refractivity contribution in [3.8, 4) is 0 Å². The minimum Gasteiger partial charge on any atom is -0.306 e. The smallest absolute Gasteiger partial charge is 0.0406 e. The lowest BCUT2D eigenvalue weighted by atomic mass is 9.83. The van der Waals surface area contributed by atoms with Crippen molar-refractivity contribution in [2.24, 2.45) is 0 Å². The summed E-state index contributed by atoms with van der Waals surface area (Å²) < 4.78 is 0. The summed E-state index contributed by atoms with van der Waals surface area (Å²) in [7, 11) is 0. The first-order chi connectivity index (χ1) is 7.85. The van der Waals surface area contributed by atoms with Crippen LogP contribution >= 0.6 is 24.0 Å². The van der Waals surface area contributed by atoms with E-state index in [9.17, 15) is 0 Å². The highest BCUT2D eigenvalue weighted by Crippen LogP contribution is 2.29. The average Bonchev–Trinajstić information content (AvgIpc) is 2.39. The van der Waals surface area contributed by atoms with Crippen LogP contribution in [0.15, 0.2) is 30.3 Å². The molecule has 1 aliphatic carbocycles. The van der Waals surface area contributed by atoms with E-state index in [1.165, 1.54) is 37.7 Å². The van der Waals surface area contributed by atoms with Gasteiger partial charge in [-0.2, -0.15) is 0 Å². The first-order valence-corrected chi connectivity index (χ1v) is 6.73. The first-order valence-electron chi connectivity index (χ1n) is 6.20. The fourth-order valence-corrected chi connectivity index (χ4v) is 2.83. The molecule has 1 aromatic rings. The van der Waals surface area contributed by atoms with Gasteiger partial charge in [-0.05, 0) is 18.4 Å². The van der Waals surface area contributed by atoms with Crippen LogP contribution in [0.3, 0.4) is 0 Å². The van der Waals surface area contributed by atoms with E-state index in [1.54, 1.807) is 0 Å². The molecule has 3 heteroatoms. The van der Waals surface area contributed by atoms with Gasteiger partial charge in [0.1, 0.15) is 0 Å². The fraction of sp³-hybridized carbons (Fsp3) is 0.571. The number of nitrogens with one attached hydrogen (secondary N) is 1. The van der Waals surface area contributed by atoms with E-state index in [0.717, 1.165) is 12.4 Å². The van der Waals surface area contributed by atoms with Gasteiger partial charge in [-0.1, -0.05) is 49.6 Å². The molecule has 0 aliphatic heterocycles. The van der Waals surface area contributed by atoms with Crippen molar-refractivity contribution in [1.29, 1.82) is 0 Å². The van der Waals surface area contributed by atoms with Crippen LogP contribution in [0.4, 0.5) is 0 Å². The molecule has 1 aromatic carbocycles. The number of hydrogen-bond acceptors (Lipinski definition) is 1. The van der Waals surface area contributed by atoms with E-state index in [0.29, 0.717) is 0 Å². The second kappa shape index (κ2) is 7.25. The zero-order valence-corrected chi connectivity index (χ0v) is 11.7. The first kappa shape index (κ1) is 14.8. The number of hydrogen-bond donors (Lipinski definition) is 1. The molecule has 2 rings (SSSR count). The molecule has 0 amide bonds. The molecule has 0 aromatic heterocycles. The van der Waals surface area contributed by atoms with Gasteiger partial charge in [0.15, 0.2) is 0 Å². The molecule has 0 unspecified atom stereocenters. The SMILES string of the molecule is Cl.ClCC1(NCc2ccccc2)CCCCC1. The molecular weight excluding hydrogens is 253 g/mol. The van der Waals surface area contributed by atoms with E-state index >= 15 is 0 Å². The Morgan fingerprint density at radius 1 is 1.06 bits per heavy atom.